The van der Waals surface area contributed by atoms with E-state index in [-0.39, 0.29) is 0 Å². The van der Waals surface area contributed by atoms with E-state index in [4.69, 9.17) is 4.52 Å². The first-order chi connectivity index (χ1) is 6.88. The fraction of sp³-hybridized carbons (Fsp3) is 0.600. The maximum absolute atomic E-state index is 5.10. The molecule has 1 aliphatic rings. The van der Waals surface area contributed by atoms with E-state index < -0.39 is 0 Å². The fourth-order valence-corrected chi connectivity index (χ4v) is 1.70. The lowest BCUT2D eigenvalue weighted by Gasteiger charge is -1.89. The summed E-state index contributed by atoms with van der Waals surface area (Å²) in [4.78, 5) is 4.25. The highest BCUT2D eigenvalue weighted by molar-refractivity contribution is 5.43. The summed E-state index contributed by atoms with van der Waals surface area (Å²) in [6, 6.07) is 0. The number of allylic oxidation sites excluding steroid dienone is 1. The Hall–Kier alpha value is -1.16. The molecule has 1 saturated carbocycles. The van der Waals surface area contributed by atoms with Crippen LogP contribution in [0.1, 0.15) is 37.4 Å². The highest BCUT2D eigenvalue weighted by atomic mass is 16.5. The Labute approximate surface area is 83.4 Å². The molecule has 0 unspecified atom stereocenters. The lowest BCUT2D eigenvalue weighted by atomic mass is 10.2. The molecule has 4 heteroatoms. The zero-order valence-corrected chi connectivity index (χ0v) is 8.42. The predicted octanol–water partition coefficient (Wildman–Crippen LogP) is 1.75. The van der Waals surface area contributed by atoms with Crippen LogP contribution in [0.5, 0.6) is 0 Å². The number of nitrogens with one attached hydrogen (secondary N) is 1. The maximum atomic E-state index is 5.10. The topological polar surface area (TPSA) is 51.0 Å². The SMILES string of the molecule is CNCc1noc(C=C2CCCC2)n1. The molecular formula is C10H15N3O. The van der Waals surface area contributed by atoms with E-state index in [0.717, 1.165) is 5.82 Å². The average Bonchev–Trinajstić information content (AvgIpc) is 2.79. The highest BCUT2D eigenvalue weighted by Crippen LogP contribution is 2.25. The van der Waals surface area contributed by atoms with Crippen LogP contribution in [0.25, 0.3) is 6.08 Å². The standard InChI is InChI=1S/C10H15N3O/c1-11-7-9-12-10(14-13-9)6-8-4-2-3-5-8/h6,11H,2-5,7H2,1H3. The van der Waals surface area contributed by atoms with Crippen LogP contribution < -0.4 is 5.32 Å². The first-order valence-electron chi connectivity index (χ1n) is 5.05. The summed E-state index contributed by atoms with van der Waals surface area (Å²) < 4.78 is 5.10. The number of hydrogen-bond acceptors (Lipinski definition) is 4. The number of nitrogens with zero attached hydrogens (tertiary/aromatic N) is 2. The molecule has 0 saturated heterocycles. The van der Waals surface area contributed by atoms with Gasteiger partial charge in [-0.3, -0.25) is 0 Å². The molecule has 1 aliphatic carbocycles. The van der Waals surface area contributed by atoms with Crippen LogP contribution in [0, 0.1) is 0 Å². The van der Waals surface area contributed by atoms with E-state index in [2.05, 4.69) is 15.5 Å². The molecule has 1 aromatic heterocycles. The molecule has 1 N–H and O–H groups in total. The molecule has 0 aliphatic heterocycles. The zero-order chi connectivity index (χ0) is 9.80. The van der Waals surface area contributed by atoms with Crippen LogP contribution in [0.2, 0.25) is 0 Å². The molecule has 2 rings (SSSR count). The molecule has 1 aromatic rings. The Morgan fingerprint density at radius 3 is 2.93 bits per heavy atom. The Bertz CT molecular complexity index is 322. The maximum Gasteiger partial charge on any atom is 0.250 e. The zero-order valence-electron chi connectivity index (χ0n) is 8.42. The van der Waals surface area contributed by atoms with Gasteiger partial charge >= 0.3 is 0 Å². The summed E-state index contributed by atoms with van der Waals surface area (Å²) in [6.07, 6.45) is 6.99. The molecule has 1 fully saturated rings. The van der Waals surface area contributed by atoms with Gasteiger partial charge in [-0.25, -0.2) is 0 Å². The normalized spacial score (nSPS) is 16.2. The first-order valence-corrected chi connectivity index (χ1v) is 5.05. The lowest BCUT2D eigenvalue weighted by molar-refractivity contribution is 0.401. The molecule has 76 valence electrons. The van der Waals surface area contributed by atoms with Crippen LogP contribution >= 0.6 is 0 Å². The van der Waals surface area contributed by atoms with Crippen molar-refractivity contribution in [2.75, 3.05) is 7.05 Å². The van der Waals surface area contributed by atoms with Gasteiger partial charge in [-0.1, -0.05) is 10.7 Å². The molecule has 1 heterocycles. The van der Waals surface area contributed by atoms with Crippen LogP contribution in [-0.4, -0.2) is 17.2 Å². The minimum Gasteiger partial charge on any atom is -0.335 e. The van der Waals surface area contributed by atoms with Crippen molar-refractivity contribution in [2.24, 2.45) is 0 Å². The van der Waals surface area contributed by atoms with Crippen LogP contribution in [0.15, 0.2) is 10.1 Å². The third kappa shape index (κ3) is 2.20. The van der Waals surface area contributed by atoms with Gasteiger partial charge in [0, 0.05) is 6.08 Å². The van der Waals surface area contributed by atoms with E-state index in [1.165, 1.54) is 31.3 Å². The lowest BCUT2D eigenvalue weighted by Crippen LogP contribution is -2.06. The second-order valence-corrected chi connectivity index (χ2v) is 3.59. The molecule has 0 amide bonds. The largest absolute Gasteiger partial charge is 0.335 e. The number of rotatable bonds is 3. The minimum absolute atomic E-state index is 0.646. The second-order valence-electron chi connectivity index (χ2n) is 3.59. The van der Waals surface area contributed by atoms with Crippen molar-refractivity contribution in [3.8, 4) is 0 Å². The second kappa shape index (κ2) is 4.37. The molecule has 0 spiro atoms. The smallest absolute Gasteiger partial charge is 0.250 e. The minimum atomic E-state index is 0.646. The number of hydrogen-bond donors (Lipinski definition) is 1. The summed E-state index contributed by atoms with van der Waals surface area (Å²) in [5, 5.41) is 6.84. The van der Waals surface area contributed by atoms with Crippen molar-refractivity contribution in [1.29, 1.82) is 0 Å². The van der Waals surface area contributed by atoms with Gasteiger partial charge < -0.3 is 9.84 Å². The van der Waals surface area contributed by atoms with E-state index in [9.17, 15) is 0 Å². The third-order valence-electron chi connectivity index (χ3n) is 2.39. The molecule has 4 nitrogen and oxygen atoms in total. The predicted molar refractivity (Wildman–Crippen MR) is 53.5 cm³/mol. The summed E-state index contributed by atoms with van der Waals surface area (Å²) >= 11 is 0. The van der Waals surface area contributed by atoms with E-state index in [0.29, 0.717) is 12.4 Å². The first kappa shape index (κ1) is 9.40. The van der Waals surface area contributed by atoms with Gasteiger partial charge in [-0.05, 0) is 32.7 Å². The quantitative estimate of drug-likeness (QED) is 0.794. The summed E-state index contributed by atoms with van der Waals surface area (Å²) in [7, 11) is 1.87. The average molecular weight is 193 g/mol. The van der Waals surface area contributed by atoms with Crippen molar-refractivity contribution in [2.45, 2.75) is 32.2 Å². The van der Waals surface area contributed by atoms with E-state index in [1.54, 1.807) is 0 Å². The Morgan fingerprint density at radius 2 is 2.21 bits per heavy atom. The molecule has 0 atom stereocenters. The molecular weight excluding hydrogens is 178 g/mol. The third-order valence-corrected chi connectivity index (χ3v) is 2.39. The van der Waals surface area contributed by atoms with Gasteiger partial charge in [0.2, 0.25) is 0 Å². The van der Waals surface area contributed by atoms with Gasteiger partial charge in [-0.15, -0.1) is 0 Å². The van der Waals surface area contributed by atoms with Gasteiger partial charge in [0.05, 0.1) is 6.54 Å². The summed E-state index contributed by atoms with van der Waals surface area (Å²) in [6.45, 7) is 0.659. The molecule has 0 aromatic carbocycles. The van der Waals surface area contributed by atoms with Gasteiger partial charge in [0.15, 0.2) is 5.82 Å². The molecule has 14 heavy (non-hydrogen) atoms. The van der Waals surface area contributed by atoms with Crippen LogP contribution in [0.3, 0.4) is 0 Å². The van der Waals surface area contributed by atoms with Crippen molar-refractivity contribution < 1.29 is 4.52 Å². The fourth-order valence-electron chi connectivity index (χ4n) is 1.70. The van der Waals surface area contributed by atoms with E-state index >= 15 is 0 Å². The summed E-state index contributed by atoms with van der Waals surface area (Å²) in [5.41, 5.74) is 1.43. The molecule has 0 radical (unpaired) electrons. The van der Waals surface area contributed by atoms with Crippen molar-refractivity contribution in [1.82, 2.24) is 15.5 Å². The molecule has 0 bridgehead atoms. The van der Waals surface area contributed by atoms with Crippen LogP contribution in [-0.2, 0) is 6.54 Å². The Balaban J connectivity index is 2.05. The van der Waals surface area contributed by atoms with Crippen molar-refractivity contribution >= 4 is 6.08 Å². The Morgan fingerprint density at radius 1 is 1.43 bits per heavy atom. The van der Waals surface area contributed by atoms with Crippen molar-refractivity contribution in [3.05, 3.63) is 17.3 Å². The van der Waals surface area contributed by atoms with Crippen molar-refractivity contribution in [3.63, 3.8) is 0 Å². The summed E-state index contributed by atoms with van der Waals surface area (Å²) in [5.74, 6) is 1.37. The van der Waals surface area contributed by atoms with Gasteiger partial charge in [-0.2, -0.15) is 4.98 Å². The number of aromatic nitrogens is 2. The van der Waals surface area contributed by atoms with Gasteiger partial charge in [0.1, 0.15) is 0 Å². The van der Waals surface area contributed by atoms with E-state index in [1.807, 2.05) is 13.1 Å². The van der Waals surface area contributed by atoms with Crippen LogP contribution in [0.4, 0.5) is 0 Å². The highest BCUT2D eigenvalue weighted by Gasteiger charge is 2.09. The van der Waals surface area contributed by atoms with Gasteiger partial charge in [0.25, 0.3) is 5.89 Å². The monoisotopic (exact) mass is 193 g/mol. The Kier molecular flexibility index (Phi) is 2.93.